The SMILES string of the molecule is CO[C@](C)(C(=O)O[C@@H](c1ccccc1)c1ccccc1Cl)c1cccc2ccccc12. The van der Waals surface area contributed by atoms with Crippen LogP contribution in [0.25, 0.3) is 10.8 Å². The quantitative estimate of drug-likeness (QED) is 0.320. The molecule has 4 aromatic rings. The fourth-order valence-electron chi connectivity index (χ4n) is 3.79. The maximum atomic E-state index is 13.6. The predicted molar refractivity (Wildman–Crippen MR) is 124 cm³/mol. The van der Waals surface area contributed by atoms with Gasteiger partial charge < -0.3 is 9.47 Å². The highest BCUT2D eigenvalue weighted by Crippen LogP contribution is 2.37. The Morgan fingerprint density at radius 2 is 1.48 bits per heavy atom. The zero-order valence-electron chi connectivity index (χ0n) is 17.4. The first kappa shape index (κ1) is 21.1. The van der Waals surface area contributed by atoms with Crippen molar-refractivity contribution in [3.8, 4) is 0 Å². The van der Waals surface area contributed by atoms with Crippen molar-refractivity contribution in [3.05, 3.63) is 119 Å². The largest absolute Gasteiger partial charge is 0.450 e. The van der Waals surface area contributed by atoms with Gasteiger partial charge in [0.05, 0.1) is 0 Å². The second-order valence-electron chi connectivity index (χ2n) is 7.48. The first-order valence-corrected chi connectivity index (χ1v) is 10.5. The number of halogens is 1. The van der Waals surface area contributed by atoms with Crippen LogP contribution < -0.4 is 0 Å². The molecule has 0 heterocycles. The summed E-state index contributed by atoms with van der Waals surface area (Å²) in [6, 6.07) is 30.7. The van der Waals surface area contributed by atoms with Crippen LogP contribution in [0.2, 0.25) is 5.02 Å². The van der Waals surface area contributed by atoms with Crippen LogP contribution in [0.4, 0.5) is 0 Å². The van der Waals surface area contributed by atoms with E-state index < -0.39 is 17.7 Å². The number of carbonyl (C=O) groups is 1. The Bertz CT molecular complexity index is 1200. The lowest BCUT2D eigenvalue weighted by molar-refractivity contribution is -0.172. The van der Waals surface area contributed by atoms with Gasteiger partial charge in [0.2, 0.25) is 0 Å². The molecule has 0 fully saturated rings. The van der Waals surface area contributed by atoms with Gasteiger partial charge in [-0.3, -0.25) is 0 Å². The molecule has 0 aliphatic rings. The lowest BCUT2D eigenvalue weighted by atomic mass is 9.90. The summed E-state index contributed by atoms with van der Waals surface area (Å²) in [6.07, 6.45) is -0.660. The molecule has 4 aromatic carbocycles. The van der Waals surface area contributed by atoms with E-state index in [0.717, 1.165) is 27.5 Å². The Morgan fingerprint density at radius 3 is 2.23 bits per heavy atom. The summed E-state index contributed by atoms with van der Waals surface area (Å²) in [7, 11) is 1.52. The van der Waals surface area contributed by atoms with E-state index in [1.807, 2.05) is 91.0 Å². The standard InChI is InChI=1S/C27H23ClO3/c1-27(30-2,23-17-10-14-19-11-6-7-15-21(19)23)26(29)31-25(20-12-4-3-5-13-20)22-16-8-9-18-24(22)28/h3-18,25H,1-2H3/t25-,27-/m0/s1. The summed E-state index contributed by atoms with van der Waals surface area (Å²) in [4.78, 5) is 13.6. The van der Waals surface area contributed by atoms with Crippen LogP contribution >= 0.6 is 11.6 Å². The van der Waals surface area contributed by atoms with Gasteiger partial charge in [-0.2, -0.15) is 0 Å². The molecule has 0 aromatic heterocycles. The zero-order valence-corrected chi connectivity index (χ0v) is 18.2. The number of fused-ring (bicyclic) bond motifs is 1. The minimum atomic E-state index is -1.30. The van der Waals surface area contributed by atoms with Crippen molar-refractivity contribution in [2.45, 2.75) is 18.6 Å². The minimum absolute atomic E-state index is 0.486. The molecule has 0 bridgehead atoms. The minimum Gasteiger partial charge on any atom is -0.450 e. The molecule has 156 valence electrons. The molecule has 0 saturated heterocycles. The van der Waals surface area contributed by atoms with Crippen molar-refractivity contribution in [2.75, 3.05) is 7.11 Å². The molecule has 4 rings (SSSR count). The van der Waals surface area contributed by atoms with Crippen LogP contribution in [0.3, 0.4) is 0 Å². The van der Waals surface area contributed by atoms with E-state index >= 15 is 0 Å². The average molecular weight is 431 g/mol. The van der Waals surface area contributed by atoms with Crippen molar-refractivity contribution in [1.82, 2.24) is 0 Å². The van der Waals surface area contributed by atoms with E-state index in [2.05, 4.69) is 0 Å². The van der Waals surface area contributed by atoms with E-state index in [0.29, 0.717) is 5.02 Å². The first-order valence-electron chi connectivity index (χ1n) is 10.1. The number of hydrogen-bond donors (Lipinski definition) is 0. The summed E-state index contributed by atoms with van der Waals surface area (Å²) in [5.74, 6) is -0.486. The second-order valence-corrected chi connectivity index (χ2v) is 7.89. The number of esters is 1. The van der Waals surface area contributed by atoms with Crippen molar-refractivity contribution in [1.29, 1.82) is 0 Å². The Labute approximate surface area is 187 Å². The van der Waals surface area contributed by atoms with Crippen molar-refractivity contribution in [2.24, 2.45) is 0 Å². The lowest BCUT2D eigenvalue weighted by Gasteiger charge is -2.30. The number of methoxy groups -OCH3 is 1. The Kier molecular flexibility index (Phi) is 6.08. The van der Waals surface area contributed by atoms with Gasteiger partial charge in [-0.1, -0.05) is 103 Å². The number of hydrogen-bond acceptors (Lipinski definition) is 3. The normalized spacial score (nSPS) is 14.0. The molecule has 4 heteroatoms. The third kappa shape index (κ3) is 4.07. The Balaban J connectivity index is 1.77. The van der Waals surface area contributed by atoms with Gasteiger partial charge in [0, 0.05) is 23.3 Å². The van der Waals surface area contributed by atoms with E-state index in [-0.39, 0.29) is 0 Å². The molecule has 0 radical (unpaired) electrons. The molecule has 0 spiro atoms. The van der Waals surface area contributed by atoms with Gasteiger partial charge in [-0.25, -0.2) is 4.79 Å². The molecule has 0 aliphatic heterocycles. The van der Waals surface area contributed by atoms with Gasteiger partial charge in [0.1, 0.15) is 0 Å². The number of carbonyl (C=O) groups excluding carboxylic acids is 1. The van der Waals surface area contributed by atoms with Gasteiger partial charge in [-0.15, -0.1) is 0 Å². The van der Waals surface area contributed by atoms with E-state index in [9.17, 15) is 4.79 Å². The highest BCUT2D eigenvalue weighted by Gasteiger charge is 2.40. The van der Waals surface area contributed by atoms with Crippen LogP contribution in [0, 0.1) is 0 Å². The molecule has 0 saturated carbocycles. The molecule has 3 nitrogen and oxygen atoms in total. The van der Waals surface area contributed by atoms with Crippen LogP contribution in [0.15, 0.2) is 97.1 Å². The fraction of sp³-hybridized carbons (Fsp3) is 0.148. The van der Waals surface area contributed by atoms with Crippen LogP contribution in [-0.2, 0) is 19.9 Å². The second kappa shape index (κ2) is 8.93. The molecule has 31 heavy (non-hydrogen) atoms. The fourth-order valence-corrected chi connectivity index (χ4v) is 4.03. The molecule has 0 amide bonds. The van der Waals surface area contributed by atoms with Crippen molar-refractivity contribution in [3.63, 3.8) is 0 Å². The highest BCUT2D eigenvalue weighted by atomic mass is 35.5. The molecule has 2 atom stereocenters. The van der Waals surface area contributed by atoms with Gasteiger partial charge in [0.15, 0.2) is 11.7 Å². The first-order chi connectivity index (χ1) is 15.0. The third-order valence-electron chi connectivity index (χ3n) is 5.62. The van der Waals surface area contributed by atoms with Crippen LogP contribution in [-0.4, -0.2) is 13.1 Å². The predicted octanol–water partition coefficient (Wildman–Crippen LogP) is 6.69. The monoisotopic (exact) mass is 430 g/mol. The summed E-state index contributed by atoms with van der Waals surface area (Å²) in [5, 5.41) is 2.51. The molecular weight excluding hydrogens is 408 g/mol. The summed E-state index contributed by atoms with van der Waals surface area (Å²) in [5.41, 5.74) is 1.01. The van der Waals surface area contributed by atoms with Gasteiger partial charge in [-0.05, 0) is 29.3 Å². The van der Waals surface area contributed by atoms with Crippen molar-refractivity contribution >= 4 is 28.3 Å². The van der Waals surface area contributed by atoms with Crippen LogP contribution in [0.5, 0.6) is 0 Å². The smallest absolute Gasteiger partial charge is 0.343 e. The maximum absolute atomic E-state index is 13.6. The van der Waals surface area contributed by atoms with Crippen molar-refractivity contribution < 1.29 is 14.3 Å². The Morgan fingerprint density at radius 1 is 0.839 bits per heavy atom. The average Bonchev–Trinajstić information content (AvgIpc) is 2.82. The van der Waals surface area contributed by atoms with Gasteiger partial charge >= 0.3 is 5.97 Å². The molecular formula is C27H23ClO3. The van der Waals surface area contributed by atoms with Crippen LogP contribution in [0.1, 0.15) is 29.7 Å². The highest BCUT2D eigenvalue weighted by molar-refractivity contribution is 6.31. The van der Waals surface area contributed by atoms with E-state index in [1.54, 1.807) is 13.0 Å². The third-order valence-corrected chi connectivity index (χ3v) is 5.96. The summed E-state index contributed by atoms with van der Waals surface area (Å²) >= 11 is 6.47. The van der Waals surface area contributed by atoms with Gasteiger partial charge in [0.25, 0.3) is 0 Å². The summed E-state index contributed by atoms with van der Waals surface area (Å²) in [6.45, 7) is 1.74. The maximum Gasteiger partial charge on any atom is 0.343 e. The molecule has 0 unspecified atom stereocenters. The Hall–Kier alpha value is -3.14. The van der Waals surface area contributed by atoms with E-state index in [4.69, 9.17) is 21.1 Å². The number of ether oxygens (including phenoxy) is 2. The number of rotatable bonds is 6. The molecule has 0 aliphatic carbocycles. The molecule has 0 N–H and O–H groups in total. The number of benzene rings is 4. The summed E-state index contributed by atoms with van der Waals surface area (Å²) < 4.78 is 11.9. The zero-order chi connectivity index (χ0) is 21.8. The lowest BCUT2D eigenvalue weighted by Crippen LogP contribution is -2.37. The topological polar surface area (TPSA) is 35.5 Å². The van der Waals surface area contributed by atoms with E-state index in [1.165, 1.54) is 7.11 Å².